The topological polar surface area (TPSA) is 119 Å². The number of nitrogens with zero attached hydrogens (tertiary/aromatic N) is 3. The maximum Gasteiger partial charge on any atom is 0.501 e. The summed E-state index contributed by atoms with van der Waals surface area (Å²) in [6.07, 6.45) is 0.435. The number of anilines is 2. The van der Waals surface area contributed by atoms with Crippen molar-refractivity contribution >= 4 is 60.5 Å². The van der Waals surface area contributed by atoms with Gasteiger partial charge in [-0.25, -0.2) is 21.6 Å². The first-order valence-electron chi connectivity index (χ1n) is 20.8. The number of sulfone groups is 1. The summed E-state index contributed by atoms with van der Waals surface area (Å²) >= 11 is 7.59. The van der Waals surface area contributed by atoms with Crippen LogP contribution in [0.3, 0.4) is 0 Å². The Kier molecular flexibility index (Phi) is 15.8. The van der Waals surface area contributed by atoms with E-state index in [4.69, 9.17) is 11.6 Å². The number of carbonyl (C=O) groups is 1. The Morgan fingerprint density at radius 2 is 1.48 bits per heavy atom. The van der Waals surface area contributed by atoms with Crippen molar-refractivity contribution < 1.29 is 34.8 Å². The molecule has 5 aromatic rings. The lowest BCUT2D eigenvalue weighted by Crippen LogP contribution is -2.56. The SMILES string of the molecule is CC(C)N(C)CC[C@H](CSc1ccccc1)Nc1ccc(S(=O)(=O)NC(=O)c2ccc(N3C[C@@H](C)N(Cc4ccccc4-c4ccc(Cl)cc4)[C@@H](C)C3)cc2)cc1S(=O)(=O)C(F)(F)F. The maximum atomic E-state index is 14.2. The lowest BCUT2D eigenvalue weighted by Gasteiger charge is -2.45. The number of nitrogens with one attached hydrogen (secondary N) is 2. The molecular formula is C47H53ClF3N5O5S3. The van der Waals surface area contributed by atoms with Gasteiger partial charge in [0, 0.05) is 77.3 Å². The van der Waals surface area contributed by atoms with Gasteiger partial charge >= 0.3 is 5.51 Å². The summed E-state index contributed by atoms with van der Waals surface area (Å²) in [5.41, 5.74) is -1.93. The van der Waals surface area contributed by atoms with Crippen LogP contribution < -0.4 is 14.9 Å². The highest BCUT2D eigenvalue weighted by Crippen LogP contribution is 2.37. The zero-order valence-electron chi connectivity index (χ0n) is 36.2. The fourth-order valence-corrected chi connectivity index (χ4v) is 10.7. The number of alkyl halides is 3. The van der Waals surface area contributed by atoms with E-state index in [0.717, 1.165) is 40.4 Å². The molecule has 2 N–H and O–H groups in total. The van der Waals surface area contributed by atoms with E-state index < -0.39 is 52.8 Å². The number of hydrogen-bond donors (Lipinski definition) is 2. The third-order valence-corrected chi connectivity index (χ3v) is 15.8. The zero-order valence-corrected chi connectivity index (χ0v) is 39.4. The van der Waals surface area contributed by atoms with Crippen molar-refractivity contribution in [1.29, 1.82) is 0 Å². The van der Waals surface area contributed by atoms with Gasteiger partial charge in [0.2, 0.25) is 0 Å². The molecule has 1 saturated heterocycles. The molecule has 3 atom stereocenters. The molecule has 64 heavy (non-hydrogen) atoms. The van der Waals surface area contributed by atoms with E-state index in [1.54, 1.807) is 12.1 Å². The average molecular weight is 957 g/mol. The zero-order chi connectivity index (χ0) is 46.4. The van der Waals surface area contributed by atoms with Gasteiger partial charge in [-0.05, 0) is 125 Å². The van der Waals surface area contributed by atoms with Gasteiger partial charge in [-0.1, -0.05) is 66.2 Å². The van der Waals surface area contributed by atoms with Crippen LogP contribution in [-0.4, -0.2) is 94.7 Å². The molecule has 1 aliphatic rings. The first-order chi connectivity index (χ1) is 30.2. The third kappa shape index (κ3) is 12.0. The van der Waals surface area contributed by atoms with E-state index in [1.807, 2.05) is 92.3 Å². The lowest BCUT2D eigenvalue weighted by atomic mass is 9.97. The normalized spacial score (nSPS) is 16.8. The number of amides is 1. The van der Waals surface area contributed by atoms with Gasteiger partial charge in [0.1, 0.15) is 4.90 Å². The van der Waals surface area contributed by atoms with Gasteiger partial charge in [0.15, 0.2) is 0 Å². The number of benzene rings is 5. The monoisotopic (exact) mass is 955 g/mol. The van der Waals surface area contributed by atoms with Crippen LogP contribution in [0.15, 0.2) is 136 Å². The molecule has 1 heterocycles. The molecule has 17 heteroatoms. The largest absolute Gasteiger partial charge is 0.501 e. The molecule has 342 valence electrons. The van der Waals surface area contributed by atoms with Crippen molar-refractivity contribution in [3.05, 3.63) is 137 Å². The minimum atomic E-state index is -6.05. The summed E-state index contributed by atoms with van der Waals surface area (Å²) < 4.78 is 97.6. The predicted molar refractivity (Wildman–Crippen MR) is 251 cm³/mol. The summed E-state index contributed by atoms with van der Waals surface area (Å²) in [6.45, 7) is 11.0. The number of sulfonamides is 1. The van der Waals surface area contributed by atoms with Gasteiger partial charge < -0.3 is 15.1 Å². The highest BCUT2D eigenvalue weighted by atomic mass is 35.5. The van der Waals surface area contributed by atoms with E-state index in [0.29, 0.717) is 42.9 Å². The van der Waals surface area contributed by atoms with Crippen LogP contribution in [0, 0.1) is 0 Å². The molecule has 0 spiro atoms. The average Bonchev–Trinajstić information content (AvgIpc) is 3.26. The number of halogens is 4. The number of carbonyl (C=O) groups excluding carboxylic acids is 1. The Hall–Kier alpha value is -4.58. The summed E-state index contributed by atoms with van der Waals surface area (Å²) in [5.74, 6) is -0.669. The summed E-state index contributed by atoms with van der Waals surface area (Å²) in [4.78, 5) is 18.9. The van der Waals surface area contributed by atoms with E-state index in [9.17, 15) is 34.8 Å². The molecule has 6 rings (SSSR count). The second-order valence-corrected chi connectivity index (χ2v) is 21.5. The Morgan fingerprint density at radius 1 is 0.859 bits per heavy atom. The second-order valence-electron chi connectivity index (χ2n) is 16.4. The first kappa shape index (κ1) is 48.9. The summed E-state index contributed by atoms with van der Waals surface area (Å²) in [7, 11) is -9.00. The molecule has 0 radical (unpaired) electrons. The molecule has 0 saturated carbocycles. The molecule has 0 aliphatic carbocycles. The van der Waals surface area contributed by atoms with E-state index in [1.165, 1.54) is 29.5 Å². The minimum absolute atomic E-state index is 0.0163. The lowest BCUT2D eigenvalue weighted by molar-refractivity contribution is -0.0435. The number of thioether (sulfide) groups is 1. The van der Waals surface area contributed by atoms with Crippen molar-refractivity contribution in [3.8, 4) is 11.1 Å². The van der Waals surface area contributed by atoms with Gasteiger partial charge in [-0.3, -0.25) is 9.69 Å². The minimum Gasteiger partial charge on any atom is -0.380 e. The van der Waals surface area contributed by atoms with Gasteiger partial charge in [-0.2, -0.15) is 13.2 Å². The first-order valence-corrected chi connectivity index (χ1v) is 25.2. The van der Waals surface area contributed by atoms with Gasteiger partial charge in [0.25, 0.3) is 25.8 Å². The van der Waals surface area contributed by atoms with Gasteiger partial charge in [0.05, 0.1) is 10.6 Å². The van der Waals surface area contributed by atoms with Crippen molar-refractivity contribution in [2.75, 3.05) is 42.7 Å². The number of hydrogen-bond acceptors (Lipinski definition) is 10. The highest BCUT2D eigenvalue weighted by molar-refractivity contribution is 7.99. The quantitative estimate of drug-likeness (QED) is 0.0873. The Labute approximate surface area is 384 Å². The van der Waals surface area contributed by atoms with Crippen LogP contribution in [0.5, 0.6) is 0 Å². The molecular weight excluding hydrogens is 903 g/mol. The maximum absolute atomic E-state index is 14.2. The van der Waals surface area contributed by atoms with Crippen LogP contribution in [0.1, 0.15) is 50.0 Å². The molecule has 10 nitrogen and oxygen atoms in total. The molecule has 0 aromatic heterocycles. The van der Waals surface area contributed by atoms with E-state index in [-0.39, 0.29) is 23.7 Å². The molecule has 0 bridgehead atoms. The molecule has 1 aliphatic heterocycles. The van der Waals surface area contributed by atoms with Crippen molar-refractivity contribution in [1.82, 2.24) is 14.5 Å². The summed E-state index contributed by atoms with van der Waals surface area (Å²) in [6, 6.07) is 34.2. The molecule has 1 amide bonds. The van der Waals surface area contributed by atoms with E-state index >= 15 is 0 Å². The smallest absolute Gasteiger partial charge is 0.380 e. The summed E-state index contributed by atoms with van der Waals surface area (Å²) in [5, 5.41) is 3.65. The van der Waals surface area contributed by atoms with Crippen molar-refractivity contribution in [2.24, 2.45) is 0 Å². The van der Waals surface area contributed by atoms with Gasteiger partial charge in [-0.15, -0.1) is 11.8 Å². The Balaban J connectivity index is 1.16. The number of rotatable bonds is 17. The fraction of sp³-hybridized carbons (Fsp3) is 0.340. The fourth-order valence-electron chi connectivity index (χ4n) is 7.59. The number of piperazine rings is 1. The highest BCUT2D eigenvalue weighted by Gasteiger charge is 2.48. The third-order valence-electron chi connectivity index (χ3n) is 11.5. The Bertz CT molecular complexity index is 2590. The van der Waals surface area contributed by atoms with Crippen LogP contribution in [0.4, 0.5) is 24.5 Å². The second kappa shape index (κ2) is 20.7. The molecule has 1 fully saturated rings. The van der Waals surface area contributed by atoms with Crippen molar-refractivity contribution in [2.45, 2.75) is 85.0 Å². The van der Waals surface area contributed by atoms with Crippen LogP contribution in [-0.2, 0) is 26.4 Å². The van der Waals surface area contributed by atoms with E-state index in [2.05, 4.69) is 46.0 Å². The Morgan fingerprint density at radius 3 is 2.11 bits per heavy atom. The molecule has 5 aromatic carbocycles. The van der Waals surface area contributed by atoms with Crippen LogP contribution in [0.2, 0.25) is 5.02 Å². The van der Waals surface area contributed by atoms with Crippen molar-refractivity contribution in [3.63, 3.8) is 0 Å². The van der Waals surface area contributed by atoms with Crippen LogP contribution in [0.25, 0.3) is 11.1 Å². The molecule has 0 unspecified atom stereocenters. The standard InChI is InChI=1S/C47H53ClF3N5O5S3/c1-32(2)54(5)26-25-39(31-62-41-12-7-6-8-13-41)52-44-24-23-42(27-45(44)63(58,59)47(49,50)51)64(60,61)53-46(57)36-17-21-40(22-18-36)55-28-33(3)56(34(4)29-55)30-37-11-9-10-14-43(37)35-15-19-38(48)20-16-35/h6-24,27,32-34,39,52H,25-26,28-31H2,1-5H3,(H,53,57)/t33-,34+,39-/m1/s1. The van der Waals surface area contributed by atoms with Crippen LogP contribution >= 0.6 is 23.4 Å². The predicted octanol–water partition coefficient (Wildman–Crippen LogP) is 9.82.